The van der Waals surface area contributed by atoms with Crippen LogP contribution in [0, 0.1) is 0 Å². The molecule has 1 N–H and O–H groups in total. The van der Waals surface area contributed by atoms with Crippen molar-refractivity contribution in [3.05, 3.63) is 48.3 Å². The monoisotopic (exact) mass is 200 g/mol. The molecule has 0 atom stereocenters. The highest BCUT2D eigenvalue weighted by atomic mass is 16.4. The van der Waals surface area contributed by atoms with Crippen molar-refractivity contribution >= 4 is 5.97 Å². The maximum absolute atomic E-state index is 10.6. The lowest BCUT2D eigenvalue weighted by atomic mass is 10.1. The molecule has 0 aliphatic heterocycles. The third-order valence-corrected chi connectivity index (χ3v) is 2.05. The number of nitrogens with zero attached hydrogens (tertiary/aromatic N) is 2. The summed E-state index contributed by atoms with van der Waals surface area (Å²) in [7, 11) is 0. The lowest BCUT2D eigenvalue weighted by Gasteiger charge is -2.00. The second-order valence-corrected chi connectivity index (χ2v) is 3.01. The zero-order valence-electron chi connectivity index (χ0n) is 7.79. The molecule has 0 unspecified atom stereocenters. The number of hydrogen-bond donors (Lipinski definition) is 1. The van der Waals surface area contributed by atoms with Gasteiger partial charge in [0.25, 0.3) is 0 Å². The average Bonchev–Trinajstić information content (AvgIpc) is 2.30. The van der Waals surface area contributed by atoms with E-state index in [1.54, 1.807) is 36.7 Å². The highest BCUT2D eigenvalue weighted by Crippen LogP contribution is 2.17. The van der Waals surface area contributed by atoms with Crippen molar-refractivity contribution in [3.8, 4) is 11.1 Å². The van der Waals surface area contributed by atoms with Crippen molar-refractivity contribution in [2.45, 2.75) is 0 Å². The fraction of sp³-hybridized carbons (Fsp3) is 0. The van der Waals surface area contributed by atoms with Gasteiger partial charge in [-0.1, -0.05) is 12.1 Å². The fourth-order valence-corrected chi connectivity index (χ4v) is 1.27. The molecule has 1 aromatic heterocycles. The van der Waals surface area contributed by atoms with Gasteiger partial charge >= 0.3 is 5.97 Å². The van der Waals surface area contributed by atoms with Crippen molar-refractivity contribution in [1.29, 1.82) is 0 Å². The van der Waals surface area contributed by atoms with Crippen LogP contribution in [0.5, 0.6) is 0 Å². The van der Waals surface area contributed by atoms with Gasteiger partial charge in [-0.05, 0) is 23.8 Å². The molecule has 0 aliphatic rings. The summed E-state index contributed by atoms with van der Waals surface area (Å²) in [4.78, 5) is 10.6. The topological polar surface area (TPSA) is 63.1 Å². The number of aromatic carboxylic acids is 1. The molecule has 15 heavy (non-hydrogen) atoms. The van der Waals surface area contributed by atoms with Crippen LogP contribution in [-0.4, -0.2) is 21.3 Å². The second kappa shape index (κ2) is 3.88. The Morgan fingerprint density at radius 2 is 1.73 bits per heavy atom. The van der Waals surface area contributed by atoms with E-state index < -0.39 is 5.97 Å². The van der Waals surface area contributed by atoms with Crippen LogP contribution in [0.3, 0.4) is 0 Å². The minimum atomic E-state index is -0.922. The third kappa shape index (κ3) is 1.99. The molecule has 1 heterocycles. The van der Waals surface area contributed by atoms with Crippen molar-refractivity contribution in [2.75, 3.05) is 0 Å². The van der Waals surface area contributed by atoms with Crippen LogP contribution < -0.4 is 0 Å². The van der Waals surface area contributed by atoms with Gasteiger partial charge in [0.15, 0.2) is 0 Å². The van der Waals surface area contributed by atoms with Gasteiger partial charge in [-0.25, -0.2) is 4.79 Å². The number of rotatable bonds is 2. The molecule has 0 spiro atoms. The summed E-state index contributed by atoms with van der Waals surface area (Å²) in [6.45, 7) is 0. The average molecular weight is 200 g/mol. The molecular formula is C11H8N2O2. The summed E-state index contributed by atoms with van der Waals surface area (Å²) in [6.07, 6.45) is 3.23. The van der Waals surface area contributed by atoms with Gasteiger partial charge in [-0.3, -0.25) is 0 Å². The summed E-state index contributed by atoms with van der Waals surface area (Å²) in [5.41, 5.74) is 2.12. The Balaban J connectivity index is 2.36. The van der Waals surface area contributed by atoms with Gasteiger partial charge in [-0.15, -0.1) is 0 Å². The minimum absolute atomic E-state index is 0.278. The zero-order valence-corrected chi connectivity index (χ0v) is 7.79. The molecule has 0 fully saturated rings. The van der Waals surface area contributed by atoms with Crippen molar-refractivity contribution in [1.82, 2.24) is 10.2 Å². The maximum atomic E-state index is 10.6. The largest absolute Gasteiger partial charge is 0.478 e. The molecule has 4 nitrogen and oxygen atoms in total. The standard InChI is InChI=1S/C11H8N2O2/c14-11(15)9-3-1-8(2-4-9)10-5-6-12-13-7-10/h1-7H,(H,14,15). The molecule has 1 aromatic carbocycles. The van der Waals surface area contributed by atoms with E-state index in [1.165, 1.54) is 0 Å². The summed E-state index contributed by atoms with van der Waals surface area (Å²) in [5.74, 6) is -0.922. The molecule has 0 aliphatic carbocycles. The quantitative estimate of drug-likeness (QED) is 0.803. The summed E-state index contributed by atoms with van der Waals surface area (Å²) < 4.78 is 0. The Bertz CT molecular complexity index is 466. The van der Waals surface area contributed by atoms with Crippen molar-refractivity contribution in [2.24, 2.45) is 0 Å². The molecule has 2 aromatic rings. The van der Waals surface area contributed by atoms with E-state index in [0.717, 1.165) is 11.1 Å². The number of benzene rings is 1. The van der Waals surface area contributed by atoms with E-state index in [4.69, 9.17) is 5.11 Å². The highest BCUT2D eigenvalue weighted by molar-refractivity contribution is 5.88. The molecule has 0 amide bonds. The smallest absolute Gasteiger partial charge is 0.335 e. The van der Waals surface area contributed by atoms with E-state index in [1.807, 2.05) is 6.07 Å². The third-order valence-electron chi connectivity index (χ3n) is 2.05. The molecule has 2 rings (SSSR count). The van der Waals surface area contributed by atoms with Crippen LogP contribution in [0.25, 0.3) is 11.1 Å². The van der Waals surface area contributed by atoms with Crippen LogP contribution in [0.1, 0.15) is 10.4 Å². The van der Waals surface area contributed by atoms with Crippen LogP contribution in [-0.2, 0) is 0 Å². The summed E-state index contributed by atoms with van der Waals surface area (Å²) >= 11 is 0. The van der Waals surface area contributed by atoms with E-state index in [-0.39, 0.29) is 5.56 Å². The Morgan fingerprint density at radius 3 is 2.27 bits per heavy atom. The van der Waals surface area contributed by atoms with E-state index >= 15 is 0 Å². The number of carboxylic acid groups (broad SMARTS) is 1. The van der Waals surface area contributed by atoms with Gasteiger partial charge < -0.3 is 5.11 Å². The first-order valence-electron chi connectivity index (χ1n) is 4.38. The van der Waals surface area contributed by atoms with Gasteiger partial charge in [0.1, 0.15) is 0 Å². The van der Waals surface area contributed by atoms with Gasteiger partial charge in [0, 0.05) is 5.56 Å². The van der Waals surface area contributed by atoms with Gasteiger partial charge in [-0.2, -0.15) is 10.2 Å². The first kappa shape index (κ1) is 9.33. The zero-order chi connectivity index (χ0) is 10.7. The highest BCUT2D eigenvalue weighted by Gasteiger charge is 2.02. The maximum Gasteiger partial charge on any atom is 0.335 e. The molecule has 0 saturated carbocycles. The summed E-state index contributed by atoms with van der Waals surface area (Å²) in [5, 5.41) is 16.1. The predicted octanol–water partition coefficient (Wildman–Crippen LogP) is 1.84. The molecule has 0 radical (unpaired) electrons. The lowest BCUT2D eigenvalue weighted by Crippen LogP contribution is -1.95. The van der Waals surface area contributed by atoms with Crippen LogP contribution >= 0.6 is 0 Å². The first-order chi connectivity index (χ1) is 7.27. The minimum Gasteiger partial charge on any atom is -0.478 e. The number of hydrogen-bond acceptors (Lipinski definition) is 3. The Labute approximate surface area is 86.2 Å². The summed E-state index contributed by atoms with van der Waals surface area (Å²) in [6, 6.07) is 8.46. The molecule has 4 heteroatoms. The Kier molecular flexibility index (Phi) is 2.41. The van der Waals surface area contributed by atoms with E-state index in [2.05, 4.69) is 10.2 Å². The van der Waals surface area contributed by atoms with Gasteiger partial charge in [0.05, 0.1) is 18.0 Å². The normalized spacial score (nSPS) is 9.87. The van der Waals surface area contributed by atoms with Crippen LogP contribution in [0.2, 0.25) is 0 Å². The van der Waals surface area contributed by atoms with Crippen molar-refractivity contribution < 1.29 is 9.90 Å². The predicted molar refractivity (Wildman–Crippen MR) is 54.4 cm³/mol. The van der Waals surface area contributed by atoms with E-state index in [0.29, 0.717) is 0 Å². The second-order valence-electron chi connectivity index (χ2n) is 3.01. The molecular weight excluding hydrogens is 192 g/mol. The Hall–Kier alpha value is -2.23. The van der Waals surface area contributed by atoms with Gasteiger partial charge in [0.2, 0.25) is 0 Å². The number of carboxylic acids is 1. The van der Waals surface area contributed by atoms with Crippen molar-refractivity contribution in [3.63, 3.8) is 0 Å². The Morgan fingerprint density at radius 1 is 1.00 bits per heavy atom. The lowest BCUT2D eigenvalue weighted by molar-refractivity contribution is 0.0697. The van der Waals surface area contributed by atoms with Crippen LogP contribution in [0.4, 0.5) is 0 Å². The molecule has 74 valence electrons. The first-order valence-corrected chi connectivity index (χ1v) is 4.38. The number of carbonyl (C=O) groups is 1. The molecule has 0 bridgehead atoms. The SMILES string of the molecule is O=C(O)c1ccc(-c2ccnnc2)cc1. The van der Waals surface area contributed by atoms with Crippen LogP contribution in [0.15, 0.2) is 42.7 Å². The fourth-order valence-electron chi connectivity index (χ4n) is 1.27. The molecule has 0 saturated heterocycles. The number of aromatic nitrogens is 2. The van der Waals surface area contributed by atoms with E-state index in [9.17, 15) is 4.79 Å².